The molecule has 1 N–H and O–H groups in total. The van der Waals surface area contributed by atoms with Crippen molar-refractivity contribution in [2.75, 3.05) is 0 Å². The van der Waals surface area contributed by atoms with Crippen LogP contribution in [0.1, 0.15) is 50.7 Å². The lowest BCUT2D eigenvalue weighted by Crippen LogP contribution is -2.34. The molecule has 0 spiro atoms. The number of aromatic amines is 1. The molecule has 0 aliphatic rings. The van der Waals surface area contributed by atoms with Crippen molar-refractivity contribution in [1.29, 1.82) is 0 Å². The van der Waals surface area contributed by atoms with Gasteiger partial charge in [-0.15, -0.1) is 0 Å². The number of para-hydroxylation sites is 2. The summed E-state index contributed by atoms with van der Waals surface area (Å²) in [5.41, 5.74) is 17.7. The number of benzene rings is 8. The van der Waals surface area contributed by atoms with Gasteiger partial charge < -0.3 is 4.57 Å². The molecule has 0 atom stereocenters. The fourth-order valence-corrected chi connectivity index (χ4v) is 10.3. The van der Waals surface area contributed by atoms with Crippen LogP contribution in [0.2, 0.25) is 0 Å². The minimum absolute atomic E-state index is 0.361. The molecule has 12 rings (SSSR count). The van der Waals surface area contributed by atoms with Gasteiger partial charge >= 0.3 is 0 Å². The third-order valence-electron chi connectivity index (χ3n) is 13.6. The molecule has 0 saturated heterocycles. The van der Waals surface area contributed by atoms with Crippen LogP contribution in [-0.4, -0.2) is 19.1 Å². The summed E-state index contributed by atoms with van der Waals surface area (Å²) in [6.45, 7) is 9.16. The van der Waals surface area contributed by atoms with E-state index in [1.54, 1.807) is 0 Å². The number of pyridine rings is 1. The first-order chi connectivity index (χ1) is 32.9. The molecule has 0 aliphatic heterocycles. The second-order valence-corrected chi connectivity index (χ2v) is 18.3. The van der Waals surface area contributed by atoms with Crippen LogP contribution in [0.4, 0.5) is 0 Å². The van der Waals surface area contributed by atoms with Crippen LogP contribution in [-0.2, 0) is 0 Å². The highest BCUT2D eigenvalue weighted by Crippen LogP contribution is 2.42. The summed E-state index contributed by atoms with van der Waals surface area (Å²) in [6, 6.07) is 70.8. The van der Waals surface area contributed by atoms with E-state index in [1.165, 1.54) is 60.6 Å². The predicted molar refractivity (Wildman–Crippen MR) is 279 cm³/mol. The van der Waals surface area contributed by atoms with E-state index in [0.717, 1.165) is 56.1 Å². The maximum Gasteiger partial charge on any atom is 0.291 e. The number of imidazole rings is 1. The summed E-state index contributed by atoms with van der Waals surface area (Å²) in [5, 5.41) is 4.80. The highest BCUT2D eigenvalue weighted by molar-refractivity contribution is 6.19. The Morgan fingerprint density at radius 2 is 0.970 bits per heavy atom. The summed E-state index contributed by atoms with van der Waals surface area (Å²) >= 11 is 0. The molecule has 4 aromatic heterocycles. The molecule has 322 valence electrons. The van der Waals surface area contributed by atoms with E-state index in [-0.39, 0.29) is 0 Å². The van der Waals surface area contributed by atoms with Crippen LogP contribution in [0.3, 0.4) is 0 Å². The zero-order chi connectivity index (χ0) is 45.2. The molecule has 4 heterocycles. The SMILES string of the molecule is CC(C)c1cccc(C(C)C)c1-[n+]1cc[nH]c1-c1cccc(-n2c3cc(-c4ccc(-c5ccccc5)cc4)ccc3c3cc4c5ccccc5n(-c5cc(-c6ccccc6)ccn5)c4cc32)c1. The fraction of sp³-hybridized carbons (Fsp3) is 0.0968. The van der Waals surface area contributed by atoms with Gasteiger partial charge in [0.25, 0.3) is 5.82 Å². The Bertz CT molecular complexity index is 3770. The molecule has 8 aromatic carbocycles. The smallest absolute Gasteiger partial charge is 0.291 e. The lowest BCUT2D eigenvalue weighted by atomic mass is 9.92. The van der Waals surface area contributed by atoms with Gasteiger partial charge in [-0.05, 0) is 99.8 Å². The van der Waals surface area contributed by atoms with Gasteiger partial charge in [0.1, 0.15) is 23.9 Å². The average molecular weight is 865 g/mol. The molecule has 0 radical (unpaired) electrons. The molecular weight excluding hydrogens is 815 g/mol. The molecule has 0 aliphatic carbocycles. The summed E-state index contributed by atoms with van der Waals surface area (Å²) in [4.78, 5) is 8.71. The van der Waals surface area contributed by atoms with E-state index in [1.807, 2.05) is 6.20 Å². The van der Waals surface area contributed by atoms with Crippen molar-refractivity contribution in [3.05, 3.63) is 224 Å². The van der Waals surface area contributed by atoms with Crippen LogP contribution >= 0.6 is 0 Å². The van der Waals surface area contributed by atoms with E-state index in [4.69, 9.17) is 4.98 Å². The first kappa shape index (κ1) is 40.2. The number of rotatable bonds is 9. The Hall–Kier alpha value is -8.28. The summed E-state index contributed by atoms with van der Waals surface area (Å²) in [5.74, 6) is 2.65. The standard InChI is InChI=1S/C62H49N5/c1-40(2)50-22-14-23-51(41(3)4)61(50)65-34-33-64-62(65)48-19-13-20-49(35-48)66-57-36-46(45-27-25-44(26-28-45)42-15-7-5-8-16-42)29-30-53(57)55-38-54-52-21-11-12-24-56(52)67(59(54)39-58(55)66)60-37-47(31-32-63-60)43-17-9-6-10-18-43/h5-41H,1-4H3/p+1. The van der Waals surface area contributed by atoms with Gasteiger partial charge in [-0.3, -0.25) is 4.57 Å². The highest BCUT2D eigenvalue weighted by atomic mass is 15.1. The maximum atomic E-state index is 5.04. The van der Waals surface area contributed by atoms with Crippen LogP contribution in [0.5, 0.6) is 0 Å². The molecule has 0 amide bonds. The quantitative estimate of drug-likeness (QED) is 0.144. The number of hydrogen-bond acceptors (Lipinski definition) is 1. The van der Waals surface area contributed by atoms with E-state index in [0.29, 0.717) is 11.8 Å². The minimum atomic E-state index is 0.361. The van der Waals surface area contributed by atoms with Crippen molar-refractivity contribution in [3.63, 3.8) is 0 Å². The molecule has 0 saturated carbocycles. The van der Waals surface area contributed by atoms with Crippen LogP contribution in [0.15, 0.2) is 213 Å². The highest BCUT2D eigenvalue weighted by Gasteiger charge is 2.25. The second-order valence-electron chi connectivity index (χ2n) is 18.3. The first-order valence-electron chi connectivity index (χ1n) is 23.4. The lowest BCUT2D eigenvalue weighted by Gasteiger charge is -2.17. The van der Waals surface area contributed by atoms with Gasteiger partial charge in [0.15, 0.2) is 0 Å². The molecule has 5 heteroatoms. The Kier molecular flexibility index (Phi) is 9.79. The largest absolute Gasteiger partial charge is 0.309 e. The van der Waals surface area contributed by atoms with Crippen molar-refractivity contribution < 1.29 is 4.57 Å². The number of fused-ring (bicyclic) bond motifs is 6. The summed E-state index contributed by atoms with van der Waals surface area (Å²) in [7, 11) is 0. The van der Waals surface area contributed by atoms with E-state index >= 15 is 0 Å². The molecule has 5 nitrogen and oxygen atoms in total. The van der Waals surface area contributed by atoms with Gasteiger partial charge in [-0.25, -0.2) is 9.97 Å². The van der Waals surface area contributed by atoms with Crippen molar-refractivity contribution in [3.8, 4) is 62.0 Å². The Balaban J connectivity index is 1.10. The molecule has 12 aromatic rings. The Morgan fingerprint density at radius 1 is 0.418 bits per heavy atom. The minimum Gasteiger partial charge on any atom is -0.309 e. The Labute approximate surface area is 390 Å². The van der Waals surface area contributed by atoms with Gasteiger partial charge in [0.05, 0.1) is 27.6 Å². The van der Waals surface area contributed by atoms with Crippen LogP contribution in [0.25, 0.3) is 106 Å². The van der Waals surface area contributed by atoms with E-state index < -0.39 is 0 Å². The number of aromatic nitrogens is 5. The zero-order valence-electron chi connectivity index (χ0n) is 38.2. The Morgan fingerprint density at radius 3 is 1.69 bits per heavy atom. The molecule has 0 bridgehead atoms. The van der Waals surface area contributed by atoms with Crippen LogP contribution in [0, 0.1) is 0 Å². The first-order valence-corrected chi connectivity index (χ1v) is 23.4. The van der Waals surface area contributed by atoms with Crippen molar-refractivity contribution >= 4 is 43.6 Å². The third kappa shape index (κ3) is 6.85. The summed E-state index contributed by atoms with van der Waals surface area (Å²) in [6.07, 6.45) is 6.18. The van der Waals surface area contributed by atoms with Gasteiger partial charge in [-0.1, -0.05) is 167 Å². The number of nitrogens with zero attached hydrogens (tertiary/aromatic N) is 4. The van der Waals surface area contributed by atoms with Gasteiger partial charge in [0, 0.05) is 44.6 Å². The molecular formula is C62H50N5+. The second kappa shape index (κ2) is 16.3. The van der Waals surface area contributed by atoms with Crippen molar-refractivity contribution in [2.45, 2.75) is 39.5 Å². The average Bonchev–Trinajstić information content (AvgIpc) is 4.08. The number of hydrogen-bond donors (Lipinski definition) is 1. The monoisotopic (exact) mass is 864 g/mol. The van der Waals surface area contributed by atoms with Crippen molar-refractivity contribution in [2.24, 2.45) is 0 Å². The normalized spacial score (nSPS) is 11.9. The van der Waals surface area contributed by atoms with Crippen molar-refractivity contribution in [1.82, 2.24) is 19.1 Å². The molecule has 0 unspecified atom stereocenters. The topological polar surface area (TPSA) is 42.4 Å². The molecule has 0 fully saturated rings. The van der Waals surface area contributed by atoms with Crippen LogP contribution < -0.4 is 4.57 Å². The van der Waals surface area contributed by atoms with Gasteiger partial charge in [-0.2, -0.15) is 4.57 Å². The summed E-state index contributed by atoms with van der Waals surface area (Å²) < 4.78 is 7.18. The number of H-pyrrole nitrogens is 1. The predicted octanol–water partition coefficient (Wildman–Crippen LogP) is 15.8. The van der Waals surface area contributed by atoms with E-state index in [2.05, 4.69) is 253 Å². The fourth-order valence-electron chi connectivity index (χ4n) is 10.3. The third-order valence-corrected chi connectivity index (χ3v) is 13.6. The maximum absolute atomic E-state index is 5.04. The molecule has 67 heavy (non-hydrogen) atoms. The van der Waals surface area contributed by atoms with E-state index in [9.17, 15) is 0 Å². The lowest BCUT2D eigenvalue weighted by molar-refractivity contribution is -0.583. The zero-order valence-corrected chi connectivity index (χ0v) is 38.2. The number of nitrogens with one attached hydrogen (secondary N) is 1. The van der Waals surface area contributed by atoms with Gasteiger partial charge in [0.2, 0.25) is 0 Å².